The Balaban J connectivity index is 1.40. The maximum Gasteiger partial charge on any atom is 0.266 e. The minimum absolute atomic E-state index is 0.0873. The van der Waals surface area contributed by atoms with Crippen molar-refractivity contribution < 1.29 is 13.6 Å². The molecule has 0 unspecified atom stereocenters. The number of aromatic nitrogens is 3. The third-order valence-electron chi connectivity index (χ3n) is 5.48. The number of hydrogen-bond acceptors (Lipinski definition) is 5. The SMILES string of the molecule is O=C(c1ccccc1F)N1CCC[C@H](c2nnc(-c3nccc4ccccc34)o2)C1. The van der Waals surface area contributed by atoms with E-state index in [1.54, 1.807) is 23.2 Å². The zero-order chi connectivity index (χ0) is 20.5. The molecule has 4 aromatic rings. The van der Waals surface area contributed by atoms with Crippen molar-refractivity contribution >= 4 is 16.7 Å². The summed E-state index contributed by atoms with van der Waals surface area (Å²) >= 11 is 0. The van der Waals surface area contributed by atoms with Crippen LogP contribution in [0.1, 0.15) is 35.0 Å². The van der Waals surface area contributed by atoms with Crippen LogP contribution in [0.25, 0.3) is 22.4 Å². The molecule has 2 aromatic heterocycles. The summed E-state index contributed by atoms with van der Waals surface area (Å²) in [6, 6.07) is 15.9. The van der Waals surface area contributed by atoms with Crippen LogP contribution in [0.5, 0.6) is 0 Å². The number of likely N-dealkylation sites (tertiary alicyclic amines) is 1. The van der Waals surface area contributed by atoms with Crippen molar-refractivity contribution in [1.29, 1.82) is 0 Å². The number of nitrogens with zero attached hydrogens (tertiary/aromatic N) is 4. The number of hydrogen-bond donors (Lipinski definition) is 0. The first-order valence-electron chi connectivity index (χ1n) is 9.92. The zero-order valence-corrected chi connectivity index (χ0v) is 16.2. The van der Waals surface area contributed by atoms with Crippen LogP contribution in [0.4, 0.5) is 4.39 Å². The van der Waals surface area contributed by atoms with Crippen LogP contribution < -0.4 is 0 Å². The summed E-state index contributed by atoms with van der Waals surface area (Å²) in [5, 5.41) is 10.4. The molecule has 0 saturated carbocycles. The van der Waals surface area contributed by atoms with E-state index in [9.17, 15) is 9.18 Å². The fraction of sp³-hybridized carbons (Fsp3) is 0.217. The van der Waals surface area contributed by atoms with Crippen LogP contribution in [-0.4, -0.2) is 39.1 Å². The Bertz CT molecular complexity index is 1220. The summed E-state index contributed by atoms with van der Waals surface area (Å²) in [7, 11) is 0. The first kappa shape index (κ1) is 18.4. The summed E-state index contributed by atoms with van der Waals surface area (Å²) in [5.41, 5.74) is 0.728. The molecule has 1 aliphatic rings. The highest BCUT2D eigenvalue weighted by atomic mass is 19.1. The van der Waals surface area contributed by atoms with Gasteiger partial charge in [0.25, 0.3) is 11.8 Å². The summed E-state index contributed by atoms with van der Waals surface area (Å²) in [5.74, 6) is -0.0733. The van der Waals surface area contributed by atoms with Gasteiger partial charge in [-0.3, -0.25) is 9.78 Å². The molecule has 0 aliphatic carbocycles. The molecule has 30 heavy (non-hydrogen) atoms. The van der Waals surface area contributed by atoms with E-state index in [0.717, 1.165) is 23.6 Å². The third-order valence-corrected chi connectivity index (χ3v) is 5.48. The lowest BCUT2D eigenvalue weighted by Crippen LogP contribution is -2.39. The van der Waals surface area contributed by atoms with E-state index >= 15 is 0 Å². The average Bonchev–Trinajstić information content (AvgIpc) is 3.29. The van der Waals surface area contributed by atoms with Crippen LogP contribution in [0.15, 0.2) is 65.2 Å². The topological polar surface area (TPSA) is 72.1 Å². The number of piperidine rings is 1. The summed E-state index contributed by atoms with van der Waals surface area (Å²) in [6.45, 7) is 0.993. The molecule has 1 amide bonds. The van der Waals surface area contributed by atoms with Gasteiger partial charge < -0.3 is 9.32 Å². The van der Waals surface area contributed by atoms with Gasteiger partial charge in [0.2, 0.25) is 5.89 Å². The molecule has 7 heteroatoms. The fourth-order valence-corrected chi connectivity index (χ4v) is 3.95. The number of rotatable bonds is 3. The predicted octanol–water partition coefficient (Wildman–Crippen LogP) is 4.44. The molecule has 3 heterocycles. The summed E-state index contributed by atoms with van der Waals surface area (Å²) < 4.78 is 20.0. The lowest BCUT2D eigenvalue weighted by molar-refractivity contribution is 0.0693. The first-order chi connectivity index (χ1) is 14.7. The Morgan fingerprint density at radius 2 is 1.90 bits per heavy atom. The molecule has 6 nitrogen and oxygen atoms in total. The summed E-state index contributed by atoms with van der Waals surface area (Å²) in [6.07, 6.45) is 3.33. The fourth-order valence-electron chi connectivity index (χ4n) is 3.95. The van der Waals surface area contributed by atoms with Crippen LogP contribution in [0.3, 0.4) is 0 Å². The Hall–Kier alpha value is -3.61. The highest BCUT2D eigenvalue weighted by Crippen LogP contribution is 2.31. The number of halogens is 1. The van der Waals surface area contributed by atoms with Crippen LogP contribution in [-0.2, 0) is 0 Å². The number of carbonyl (C=O) groups is 1. The Morgan fingerprint density at radius 1 is 1.07 bits per heavy atom. The molecule has 5 rings (SSSR count). The van der Waals surface area contributed by atoms with Crippen molar-refractivity contribution in [2.24, 2.45) is 0 Å². The van der Waals surface area contributed by atoms with E-state index in [4.69, 9.17) is 4.42 Å². The minimum atomic E-state index is -0.508. The highest BCUT2D eigenvalue weighted by molar-refractivity contribution is 5.94. The molecule has 0 N–H and O–H groups in total. The van der Waals surface area contributed by atoms with Gasteiger partial charge >= 0.3 is 0 Å². The second-order valence-electron chi connectivity index (χ2n) is 7.40. The number of carbonyl (C=O) groups excluding carboxylic acids is 1. The normalized spacial score (nSPS) is 16.7. The molecule has 0 spiro atoms. The number of pyridine rings is 1. The number of fused-ring (bicyclic) bond motifs is 1. The van der Waals surface area contributed by atoms with Crippen molar-refractivity contribution in [3.8, 4) is 11.6 Å². The van der Waals surface area contributed by atoms with Gasteiger partial charge in [0.1, 0.15) is 11.5 Å². The maximum absolute atomic E-state index is 14.0. The molecule has 2 aromatic carbocycles. The monoisotopic (exact) mass is 402 g/mol. The van der Waals surface area contributed by atoms with Gasteiger partial charge in [-0.2, -0.15) is 0 Å². The molecule has 1 aliphatic heterocycles. The molecule has 0 radical (unpaired) electrons. The van der Waals surface area contributed by atoms with Crippen LogP contribution in [0.2, 0.25) is 0 Å². The van der Waals surface area contributed by atoms with Gasteiger partial charge in [0, 0.05) is 24.7 Å². The van der Waals surface area contributed by atoms with Crippen molar-refractivity contribution in [2.75, 3.05) is 13.1 Å². The number of amides is 1. The first-order valence-corrected chi connectivity index (χ1v) is 9.92. The zero-order valence-electron chi connectivity index (χ0n) is 16.2. The van der Waals surface area contributed by atoms with E-state index in [1.165, 1.54) is 12.1 Å². The molecule has 1 atom stereocenters. The smallest absolute Gasteiger partial charge is 0.266 e. The Morgan fingerprint density at radius 3 is 2.80 bits per heavy atom. The highest BCUT2D eigenvalue weighted by Gasteiger charge is 2.30. The van der Waals surface area contributed by atoms with Crippen molar-refractivity contribution in [3.63, 3.8) is 0 Å². The van der Waals surface area contributed by atoms with E-state index in [0.29, 0.717) is 30.6 Å². The van der Waals surface area contributed by atoms with Gasteiger partial charge in [0.05, 0.1) is 11.5 Å². The third kappa shape index (κ3) is 3.32. The van der Waals surface area contributed by atoms with E-state index < -0.39 is 5.82 Å². The molecular formula is C23H19FN4O2. The second kappa shape index (κ2) is 7.67. The van der Waals surface area contributed by atoms with E-state index in [-0.39, 0.29) is 17.4 Å². The number of benzene rings is 2. The Kier molecular flexibility index (Phi) is 4.71. The van der Waals surface area contributed by atoms with Crippen molar-refractivity contribution in [3.05, 3.63) is 78.1 Å². The van der Waals surface area contributed by atoms with Gasteiger partial charge in [0.15, 0.2) is 0 Å². The predicted molar refractivity (Wildman–Crippen MR) is 109 cm³/mol. The average molecular weight is 402 g/mol. The van der Waals surface area contributed by atoms with Gasteiger partial charge in [-0.15, -0.1) is 10.2 Å². The van der Waals surface area contributed by atoms with Crippen molar-refractivity contribution in [2.45, 2.75) is 18.8 Å². The van der Waals surface area contributed by atoms with Gasteiger partial charge in [-0.25, -0.2) is 4.39 Å². The maximum atomic E-state index is 14.0. The lowest BCUT2D eigenvalue weighted by Gasteiger charge is -2.31. The quantitative estimate of drug-likeness (QED) is 0.506. The van der Waals surface area contributed by atoms with Crippen LogP contribution >= 0.6 is 0 Å². The summed E-state index contributed by atoms with van der Waals surface area (Å²) in [4.78, 5) is 18.9. The standard InChI is InChI=1S/C23H19FN4O2/c24-19-10-4-3-9-18(19)23(29)28-13-5-7-16(14-28)21-26-27-22(30-21)20-17-8-2-1-6-15(17)11-12-25-20/h1-4,6,8-12,16H,5,7,13-14H2/t16-/m0/s1. The Labute approximate surface area is 172 Å². The molecule has 1 saturated heterocycles. The van der Waals surface area contributed by atoms with Gasteiger partial charge in [-0.05, 0) is 36.4 Å². The van der Waals surface area contributed by atoms with E-state index in [2.05, 4.69) is 15.2 Å². The molecule has 150 valence electrons. The largest absolute Gasteiger partial charge is 0.419 e. The molecular weight excluding hydrogens is 383 g/mol. The van der Waals surface area contributed by atoms with Gasteiger partial charge in [-0.1, -0.05) is 36.4 Å². The van der Waals surface area contributed by atoms with Crippen LogP contribution in [0, 0.1) is 5.82 Å². The van der Waals surface area contributed by atoms with E-state index in [1.807, 2.05) is 30.3 Å². The lowest BCUT2D eigenvalue weighted by atomic mass is 9.97. The molecule has 1 fully saturated rings. The molecule has 0 bridgehead atoms. The van der Waals surface area contributed by atoms with Crippen molar-refractivity contribution in [1.82, 2.24) is 20.1 Å². The second-order valence-corrected chi connectivity index (χ2v) is 7.40. The minimum Gasteiger partial charge on any atom is -0.419 e.